The van der Waals surface area contributed by atoms with Crippen molar-refractivity contribution in [3.8, 4) is 0 Å². The number of hydrogen-bond acceptors (Lipinski definition) is 6. The van der Waals surface area contributed by atoms with Crippen molar-refractivity contribution in [1.82, 2.24) is 0 Å². The smallest absolute Gasteiger partial charge is 0.303 e. The maximum Gasteiger partial charge on any atom is 0.303 e. The van der Waals surface area contributed by atoms with E-state index in [4.69, 9.17) is 14.2 Å². The summed E-state index contributed by atoms with van der Waals surface area (Å²) in [5, 5.41) is 10.7. The Morgan fingerprint density at radius 1 is 1.14 bits per heavy atom. The van der Waals surface area contributed by atoms with Crippen LogP contribution in [0.25, 0.3) is 0 Å². The first-order chi connectivity index (χ1) is 13.1. The van der Waals surface area contributed by atoms with E-state index >= 15 is 0 Å². The number of hydrogen-bond donors (Lipinski definition) is 1. The Morgan fingerprint density at radius 3 is 2.36 bits per heavy atom. The molecule has 28 heavy (non-hydrogen) atoms. The molecule has 0 spiro atoms. The minimum Gasteiger partial charge on any atom is -0.508 e. The van der Waals surface area contributed by atoms with Gasteiger partial charge >= 0.3 is 11.9 Å². The summed E-state index contributed by atoms with van der Waals surface area (Å²) in [6.07, 6.45) is 5.04. The average molecular weight is 392 g/mol. The molecule has 0 aromatic rings. The van der Waals surface area contributed by atoms with E-state index in [9.17, 15) is 14.7 Å². The summed E-state index contributed by atoms with van der Waals surface area (Å²) in [5.41, 5.74) is 1.95. The van der Waals surface area contributed by atoms with E-state index in [0.29, 0.717) is 12.2 Å². The van der Waals surface area contributed by atoms with Crippen LogP contribution in [0.5, 0.6) is 0 Å². The van der Waals surface area contributed by atoms with E-state index in [2.05, 4.69) is 33.8 Å². The highest BCUT2D eigenvalue weighted by Crippen LogP contribution is 2.38. The fraction of sp³-hybridized carbons (Fsp3) is 0.636. The highest BCUT2D eigenvalue weighted by atomic mass is 16.6. The van der Waals surface area contributed by atoms with Crippen LogP contribution < -0.4 is 0 Å². The first-order valence-corrected chi connectivity index (χ1v) is 9.88. The van der Waals surface area contributed by atoms with Crippen molar-refractivity contribution in [2.24, 2.45) is 17.8 Å². The van der Waals surface area contributed by atoms with Gasteiger partial charge in [0.2, 0.25) is 0 Å². The van der Waals surface area contributed by atoms with Crippen molar-refractivity contribution in [1.29, 1.82) is 0 Å². The van der Waals surface area contributed by atoms with Crippen molar-refractivity contribution < 1.29 is 28.9 Å². The van der Waals surface area contributed by atoms with E-state index in [0.717, 1.165) is 11.1 Å². The molecule has 156 valence electrons. The molecule has 6 heteroatoms. The number of carbonyl (C=O) groups is 2. The van der Waals surface area contributed by atoms with Crippen molar-refractivity contribution in [3.63, 3.8) is 0 Å². The van der Waals surface area contributed by atoms with Gasteiger partial charge in [-0.3, -0.25) is 9.59 Å². The summed E-state index contributed by atoms with van der Waals surface area (Å²) < 4.78 is 16.6. The van der Waals surface area contributed by atoms with Crippen LogP contribution in [-0.2, 0) is 23.8 Å². The van der Waals surface area contributed by atoms with Crippen LogP contribution in [0.1, 0.15) is 48.0 Å². The molecule has 1 aliphatic heterocycles. The van der Waals surface area contributed by atoms with E-state index in [1.165, 1.54) is 13.8 Å². The maximum atomic E-state index is 11.4. The van der Waals surface area contributed by atoms with Crippen molar-refractivity contribution in [3.05, 3.63) is 35.1 Å². The van der Waals surface area contributed by atoms with E-state index in [1.807, 2.05) is 6.08 Å². The summed E-state index contributed by atoms with van der Waals surface area (Å²) in [4.78, 5) is 22.6. The maximum absolute atomic E-state index is 11.4. The Morgan fingerprint density at radius 2 is 1.82 bits per heavy atom. The first kappa shape index (κ1) is 22.2. The molecule has 0 radical (unpaired) electrons. The van der Waals surface area contributed by atoms with Gasteiger partial charge in [0.25, 0.3) is 0 Å². The minimum atomic E-state index is -0.598. The number of aliphatic hydroxyl groups excluding tert-OH is 1. The van der Waals surface area contributed by atoms with Crippen molar-refractivity contribution in [2.75, 3.05) is 6.61 Å². The third-order valence-corrected chi connectivity index (χ3v) is 5.11. The molecule has 0 bridgehead atoms. The monoisotopic (exact) mass is 392 g/mol. The zero-order valence-corrected chi connectivity index (χ0v) is 17.6. The third-order valence-electron chi connectivity index (χ3n) is 5.11. The van der Waals surface area contributed by atoms with Gasteiger partial charge in [-0.15, -0.1) is 0 Å². The van der Waals surface area contributed by atoms with Gasteiger partial charge in [-0.1, -0.05) is 39.8 Å². The zero-order valence-electron chi connectivity index (χ0n) is 17.6. The summed E-state index contributed by atoms with van der Waals surface area (Å²) in [7, 11) is 0. The standard InChI is InChI=1S/C22H32O6/c1-12(2)17-9-16(10-18(13(3)4)22(17)25)19-7-8-20(27-15(6)24)21(28-19)11-26-14(5)23/h7-9,12-13,16,19-21,25H,10-11H2,1-6H3/t16-,19?,20+,21?/m1/s1. The van der Waals surface area contributed by atoms with Crippen LogP contribution in [0.15, 0.2) is 35.1 Å². The predicted octanol–water partition coefficient (Wildman–Crippen LogP) is 3.88. The van der Waals surface area contributed by atoms with E-state index in [-0.39, 0.29) is 30.5 Å². The summed E-state index contributed by atoms with van der Waals surface area (Å²) >= 11 is 0. The van der Waals surface area contributed by atoms with Gasteiger partial charge in [0.15, 0.2) is 0 Å². The normalized spacial score (nSPS) is 27.8. The molecule has 0 saturated carbocycles. The fourth-order valence-electron chi connectivity index (χ4n) is 3.64. The average Bonchev–Trinajstić information content (AvgIpc) is 2.60. The lowest BCUT2D eigenvalue weighted by atomic mass is 9.78. The predicted molar refractivity (Wildman–Crippen MR) is 106 cm³/mol. The molecule has 0 saturated heterocycles. The molecule has 2 rings (SSSR count). The molecule has 1 N–H and O–H groups in total. The summed E-state index contributed by atoms with van der Waals surface area (Å²) in [5.74, 6) is 0.0262. The Labute approximate surface area is 167 Å². The van der Waals surface area contributed by atoms with Crippen LogP contribution in [-0.4, -0.2) is 42.0 Å². The van der Waals surface area contributed by atoms with Gasteiger partial charge < -0.3 is 19.3 Å². The topological polar surface area (TPSA) is 82.1 Å². The van der Waals surface area contributed by atoms with Gasteiger partial charge in [-0.05, 0) is 35.5 Å². The molecule has 2 aliphatic rings. The summed E-state index contributed by atoms with van der Waals surface area (Å²) in [6.45, 7) is 10.9. The number of esters is 2. The molecule has 0 fully saturated rings. The molecular weight excluding hydrogens is 360 g/mol. The SMILES string of the molecule is CC(=O)OCC1OC([C@@H]2C=C(C(C)C)C(O)=C(C(C)C)C2)C=C[C@@H]1OC(C)=O. The quantitative estimate of drug-likeness (QED) is 0.546. The lowest BCUT2D eigenvalue weighted by Crippen LogP contribution is -2.43. The van der Waals surface area contributed by atoms with Crippen molar-refractivity contribution >= 4 is 11.9 Å². The molecule has 0 aromatic carbocycles. The second-order valence-corrected chi connectivity index (χ2v) is 8.07. The molecule has 0 aromatic heterocycles. The molecular formula is C22H32O6. The molecule has 4 atom stereocenters. The lowest BCUT2D eigenvalue weighted by molar-refractivity contribution is -0.165. The Hall–Kier alpha value is -2.08. The second-order valence-electron chi connectivity index (χ2n) is 8.07. The number of rotatable bonds is 6. The van der Waals surface area contributed by atoms with Gasteiger partial charge in [-0.25, -0.2) is 0 Å². The zero-order chi connectivity index (χ0) is 21.0. The molecule has 2 unspecified atom stereocenters. The van der Waals surface area contributed by atoms with E-state index < -0.39 is 24.1 Å². The molecule has 1 aliphatic carbocycles. The summed E-state index contributed by atoms with van der Waals surface area (Å²) in [6, 6.07) is 0. The first-order valence-electron chi connectivity index (χ1n) is 9.88. The molecule has 1 heterocycles. The van der Waals surface area contributed by atoms with Crippen molar-refractivity contribution in [2.45, 2.75) is 66.3 Å². The number of aliphatic hydroxyl groups is 1. The van der Waals surface area contributed by atoms with Crippen LogP contribution in [0.3, 0.4) is 0 Å². The van der Waals surface area contributed by atoms with Gasteiger partial charge in [-0.2, -0.15) is 0 Å². The molecule has 0 amide bonds. The number of ether oxygens (including phenoxy) is 3. The highest BCUT2D eigenvalue weighted by Gasteiger charge is 2.36. The Kier molecular flexibility index (Phi) is 7.47. The van der Waals surface area contributed by atoms with Gasteiger partial charge in [0.05, 0.1) is 6.10 Å². The Balaban J connectivity index is 2.26. The van der Waals surface area contributed by atoms with Crippen LogP contribution in [0, 0.1) is 17.8 Å². The second kappa shape index (κ2) is 9.41. The highest BCUT2D eigenvalue weighted by molar-refractivity contribution is 5.67. The van der Waals surface area contributed by atoms with Gasteiger partial charge in [0, 0.05) is 19.8 Å². The van der Waals surface area contributed by atoms with Crippen LogP contribution >= 0.6 is 0 Å². The van der Waals surface area contributed by atoms with Crippen LogP contribution in [0.4, 0.5) is 0 Å². The lowest BCUT2D eigenvalue weighted by Gasteiger charge is -2.37. The van der Waals surface area contributed by atoms with Crippen LogP contribution in [0.2, 0.25) is 0 Å². The third kappa shape index (κ3) is 5.47. The minimum absolute atomic E-state index is 0.0136. The molecule has 6 nitrogen and oxygen atoms in total. The number of carbonyl (C=O) groups excluding carboxylic acids is 2. The number of allylic oxidation sites excluding steroid dienone is 2. The van der Waals surface area contributed by atoms with Gasteiger partial charge in [0.1, 0.15) is 24.6 Å². The Bertz CT molecular complexity index is 685. The fourth-order valence-corrected chi connectivity index (χ4v) is 3.64. The van der Waals surface area contributed by atoms with E-state index in [1.54, 1.807) is 6.08 Å². The largest absolute Gasteiger partial charge is 0.508 e.